The van der Waals surface area contributed by atoms with E-state index in [9.17, 15) is 9.59 Å². The molecule has 98 valence electrons. The van der Waals surface area contributed by atoms with Crippen molar-refractivity contribution in [2.45, 2.75) is 20.8 Å². The van der Waals surface area contributed by atoms with Crippen LogP contribution in [0.4, 0.5) is 0 Å². The molecule has 1 aromatic carbocycles. The number of fused-ring (bicyclic) bond motifs is 1. The fourth-order valence-corrected chi connectivity index (χ4v) is 1.98. The molecule has 0 aliphatic heterocycles. The second-order valence-electron chi connectivity index (χ2n) is 4.31. The lowest BCUT2D eigenvalue weighted by Gasteiger charge is -2.08. The molecule has 4 nitrogen and oxygen atoms in total. The molecule has 19 heavy (non-hydrogen) atoms. The van der Waals surface area contributed by atoms with Gasteiger partial charge in [0.1, 0.15) is 0 Å². The summed E-state index contributed by atoms with van der Waals surface area (Å²) in [7, 11) is 0. The smallest absolute Gasteiger partial charge is 0.379 e. The standard InChI is InChI=1S/C15H15NO3/c1-4-19-15(18)14(17)12-8-7-11-6-5-9(2)16-13(11)10(12)3/h5-8H,4H2,1-3H3. The van der Waals surface area contributed by atoms with Gasteiger partial charge in [-0.25, -0.2) is 4.79 Å². The Balaban J connectivity index is 2.53. The van der Waals surface area contributed by atoms with E-state index < -0.39 is 11.8 Å². The van der Waals surface area contributed by atoms with Crippen molar-refractivity contribution in [3.8, 4) is 0 Å². The summed E-state index contributed by atoms with van der Waals surface area (Å²) in [6.07, 6.45) is 0. The maximum absolute atomic E-state index is 12.0. The number of aryl methyl sites for hydroxylation is 2. The first-order chi connectivity index (χ1) is 9.04. The Hall–Kier alpha value is -2.23. The van der Waals surface area contributed by atoms with Gasteiger partial charge in [0, 0.05) is 16.6 Å². The number of hydrogen-bond donors (Lipinski definition) is 0. The molecule has 0 saturated heterocycles. The molecule has 2 rings (SSSR count). The Morgan fingerprint density at radius 3 is 2.53 bits per heavy atom. The third-order valence-electron chi connectivity index (χ3n) is 2.96. The van der Waals surface area contributed by atoms with Gasteiger partial charge in [-0.15, -0.1) is 0 Å². The van der Waals surface area contributed by atoms with Gasteiger partial charge in [-0.2, -0.15) is 0 Å². The van der Waals surface area contributed by atoms with Gasteiger partial charge in [-0.05, 0) is 38.5 Å². The van der Waals surface area contributed by atoms with Gasteiger partial charge in [0.2, 0.25) is 0 Å². The maximum Gasteiger partial charge on any atom is 0.379 e. The summed E-state index contributed by atoms with van der Waals surface area (Å²) in [5.41, 5.74) is 2.68. The van der Waals surface area contributed by atoms with Crippen LogP contribution < -0.4 is 0 Å². The average molecular weight is 257 g/mol. The lowest BCUT2D eigenvalue weighted by atomic mass is 10.0. The molecule has 0 radical (unpaired) electrons. The van der Waals surface area contributed by atoms with Crippen molar-refractivity contribution >= 4 is 22.7 Å². The minimum atomic E-state index is -0.822. The zero-order valence-corrected chi connectivity index (χ0v) is 11.2. The van der Waals surface area contributed by atoms with Crippen LogP contribution in [0.5, 0.6) is 0 Å². The van der Waals surface area contributed by atoms with Crippen LogP contribution in [0.25, 0.3) is 10.9 Å². The lowest BCUT2D eigenvalue weighted by Crippen LogP contribution is -2.18. The van der Waals surface area contributed by atoms with Crippen molar-refractivity contribution in [1.82, 2.24) is 4.98 Å². The fourth-order valence-electron chi connectivity index (χ4n) is 1.98. The predicted molar refractivity (Wildman–Crippen MR) is 72.2 cm³/mol. The van der Waals surface area contributed by atoms with Crippen molar-refractivity contribution < 1.29 is 14.3 Å². The van der Waals surface area contributed by atoms with E-state index in [1.54, 1.807) is 26.0 Å². The van der Waals surface area contributed by atoms with Crippen LogP contribution in [0, 0.1) is 13.8 Å². The Kier molecular flexibility index (Phi) is 3.60. The second kappa shape index (κ2) is 5.18. The SMILES string of the molecule is CCOC(=O)C(=O)c1ccc2ccc(C)nc2c1C. The van der Waals surface area contributed by atoms with E-state index >= 15 is 0 Å². The summed E-state index contributed by atoms with van der Waals surface area (Å²) < 4.78 is 4.74. The first kappa shape index (κ1) is 13.2. The number of esters is 1. The van der Waals surface area contributed by atoms with E-state index in [2.05, 4.69) is 4.98 Å². The molecule has 0 N–H and O–H groups in total. The average Bonchev–Trinajstić information content (AvgIpc) is 2.39. The number of aromatic nitrogens is 1. The molecular weight excluding hydrogens is 242 g/mol. The number of benzene rings is 1. The third kappa shape index (κ3) is 2.47. The number of ether oxygens (including phenoxy) is 1. The van der Waals surface area contributed by atoms with Gasteiger partial charge in [0.05, 0.1) is 12.1 Å². The molecule has 0 amide bonds. The van der Waals surface area contributed by atoms with Gasteiger partial charge in [0.25, 0.3) is 5.78 Å². The van der Waals surface area contributed by atoms with E-state index in [0.29, 0.717) is 11.1 Å². The summed E-state index contributed by atoms with van der Waals surface area (Å²) in [6.45, 7) is 5.54. The molecule has 0 spiro atoms. The molecule has 0 bridgehead atoms. The summed E-state index contributed by atoms with van der Waals surface area (Å²) >= 11 is 0. The topological polar surface area (TPSA) is 56.3 Å². The zero-order chi connectivity index (χ0) is 14.0. The molecule has 1 aromatic heterocycles. The van der Waals surface area contributed by atoms with Gasteiger partial charge in [0.15, 0.2) is 0 Å². The quantitative estimate of drug-likeness (QED) is 0.482. The molecule has 0 unspecified atom stereocenters. The van der Waals surface area contributed by atoms with Crippen LogP contribution >= 0.6 is 0 Å². The van der Waals surface area contributed by atoms with Crippen LogP contribution in [0.15, 0.2) is 24.3 Å². The van der Waals surface area contributed by atoms with Gasteiger partial charge >= 0.3 is 5.97 Å². The van der Waals surface area contributed by atoms with Crippen LogP contribution in [0.2, 0.25) is 0 Å². The van der Waals surface area contributed by atoms with E-state index in [1.807, 2.05) is 19.1 Å². The fraction of sp³-hybridized carbons (Fsp3) is 0.267. The summed E-state index contributed by atoms with van der Waals surface area (Å²) in [4.78, 5) is 27.9. The minimum absolute atomic E-state index is 0.189. The number of rotatable bonds is 3. The van der Waals surface area contributed by atoms with Crippen molar-refractivity contribution in [2.75, 3.05) is 6.61 Å². The van der Waals surface area contributed by atoms with Gasteiger partial charge < -0.3 is 4.74 Å². The highest BCUT2D eigenvalue weighted by atomic mass is 16.5. The molecule has 0 fully saturated rings. The van der Waals surface area contributed by atoms with Crippen LogP contribution in [-0.4, -0.2) is 23.3 Å². The van der Waals surface area contributed by atoms with Crippen molar-refractivity contribution in [3.63, 3.8) is 0 Å². The molecule has 0 aliphatic rings. The van der Waals surface area contributed by atoms with Crippen molar-refractivity contribution in [2.24, 2.45) is 0 Å². The maximum atomic E-state index is 12.0. The largest absolute Gasteiger partial charge is 0.460 e. The number of Topliss-reactive ketones (excluding diaryl/α,β-unsaturated/α-hetero) is 1. The number of carbonyl (C=O) groups excluding carboxylic acids is 2. The monoisotopic (exact) mass is 257 g/mol. The molecule has 0 atom stereocenters. The lowest BCUT2D eigenvalue weighted by molar-refractivity contribution is -0.137. The number of ketones is 1. The van der Waals surface area contributed by atoms with Crippen LogP contribution in [-0.2, 0) is 9.53 Å². The Bertz CT molecular complexity index is 662. The van der Waals surface area contributed by atoms with E-state index in [1.165, 1.54) is 0 Å². The molecule has 4 heteroatoms. The highest BCUT2D eigenvalue weighted by Gasteiger charge is 2.20. The predicted octanol–water partition coefficient (Wildman–Crippen LogP) is 2.60. The van der Waals surface area contributed by atoms with Gasteiger partial charge in [-0.3, -0.25) is 9.78 Å². The molecule has 1 heterocycles. The zero-order valence-electron chi connectivity index (χ0n) is 11.2. The van der Waals surface area contributed by atoms with Crippen LogP contribution in [0.3, 0.4) is 0 Å². The van der Waals surface area contributed by atoms with Crippen molar-refractivity contribution in [1.29, 1.82) is 0 Å². The third-order valence-corrected chi connectivity index (χ3v) is 2.96. The Morgan fingerprint density at radius 1 is 1.16 bits per heavy atom. The molecular formula is C15H15NO3. The highest BCUT2D eigenvalue weighted by molar-refractivity contribution is 6.41. The Labute approximate surface area is 111 Å². The molecule has 0 aliphatic carbocycles. The Morgan fingerprint density at radius 2 is 1.84 bits per heavy atom. The number of nitrogens with zero attached hydrogens (tertiary/aromatic N) is 1. The minimum Gasteiger partial charge on any atom is -0.460 e. The normalized spacial score (nSPS) is 10.5. The summed E-state index contributed by atoms with van der Waals surface area (Å²) in [6, 6.07) is 7.30. The van der Waals surface area contributed by atoms with E-state index in [-0.39, 0.29) is 6.61 Å². The molecule has 0 saturated carbocycles. The number of carbonyl (C=O) groups is 2. The molecule has 2 aromatic rings. The van der Waals surface area contributed by atoms with E-state index in [4.69, 9.17) is 4.74 Å². The van der Waals surface area contributed by atoms with E-state index in [0.717, 1.165) is 16.6 Å². The van der Waals surface area contributed by atoms with Gasteiger partial charge in [-0.1, -0.05) is 12.1 Å². The first-order valence-electron chi connectivity index (χ1n) is 6.13. The summed E-state index contributed by atoms with van der Waals surface area (Å²) in [5.74, 6) is -1.44. The second-order valence-corrected chi connectivity index (χ2v) is 4.31. The van der Waals surface area contributed by atoms with Crippen LogP contribution in [0.1, 0.15) is 28.5 Å². The summed E-state index contributed by atoms with van der Waals surface area (Å²) in [5, 5.41) is 0.948. The first-order valence-corrected chi connectivity index (χ1v) is 6.13. The number of pyridine rings is 1. The van der Waals surface area contributed by atoms with Crippen molar-refractivity contribution in [3.05, 3.63) is 41.1 Å². The highest BCUT2D eigenvalue weighted by Crippen LogP contribution is 2.21. The number of hydrogen-bond acceptors (Lipinski definition) is 4.